The number of hydrogen-bond donors (Lipinski definition) is 1. The Morgan fingerprint density at radius 2 is 1.75 bits per heavy atom. The second-order valence-electron chi connectivity index (χ2n) is 3.43. The van der Waals surface area contributed by atoms with Crippen LogP contribution in [0.1, 0.15) is 11.1 Å². The molecule has 0 aliphatic rings. The van der Waals surface area contributed by atoms with Crippen LogP contribution in [0.3, 0.4) is 0 Å². The van der Waals surface area contributed by atoms with Crippen LogP contribution < -0.4 is 5.73 Å². The highest BCUT2D eigenvalue weighted by Crippen LogP contribution is 2.22. The van der Waals surface area contributed by atoms with Gasteiger partial charge < -0.3 is 5.73 Å². The molecule has 0 unspecified atom stereocenters. The fourth-order valence-electron chi connectivity index (χ4n) is 1.48. The zero-order chi connectivity index (χ0) is 11.2. The van der Waals surface area contributed by atoms with E-state index in [2.05, 4.69) is 17.1 Å². The van der Waals surface area contributed by atoms with Crippen LogP contribution in [0, 0.1) is 0 Å². The molecule has 0 amide bonds. The molecular formula is C13H14N2S. The molecule has 2 nitrogen and oxygen atoms in total. The number of nitrogens with two attached hydrogens (primary N) is 1. The molecule has 82 valence electrons. The van der Waals surface area contributed by atoms with Crippen LogP contribution in [-0.4, -0.2) is 4.98 Å². The third-order valence-corrected chi connectivity index (χ3v) is 3.34. The van der Waals surface area contributed by atoms with Gasteiger partial charge in [-0.3, -0.25) is 0 Å². The lowest BCUT2D eigenvalue weighted by molar-refractivity contribution is 1.04. The van der Waals surface area contributed by atoms with Crippen molar-refractivity contribution in [1.82, 2.24) is 4.98 Å². The zero-order valence-electron chi connectivity index (χ0n) is 8.97. The van der Waals surface area contributed by atoms with Crippen LogP contribution in [-0.2, 0) is 12.3 Å². The van der Waals surface area contributed by atoms with E-state index in [0.717, 1.165) is 10.8 Å². The van der Waals surface area contributed by atoms with Gasteiger partial charge in [0.15, 0.2) is 0 Å². The number of thioether (sulfide) groups is 1. The minimum atomic E-state index is 0.596. The summed E-state index contributed by atoms with van der Waals surface area (Å²) < 4.78 is 0. The minimum absolute atomic E-state index is 0.596. The summed E-state index contributed by atoms with van der Waals surface area (Å²) in [6, 6.07) is 14.2. The van der Waals surface area contributed by atoms with Crippen LogP contribution in [0.2, 0.25) is 0 Å². The molecule has 0 fully saturated rings. The van der Waals surface area contributed by atoms with Gasteiger partial charge in [0.1, 0.15) is 0 Å². The van der Waals surface area contributed by atoms with Crippen molar-refractivity contribution in [3.63, 3.8) is 0 Å². The minimum Gasteiger partial charge on any atom is -0.326 e. The fourth-order valence-corrected chi connectivity index (χ4v) is 2.38. The monoisotopic (exact) mass is 230 g/mol. The van der Waals surface area contributed by atoms with Crippen LogP contribution in [0.25, 0.3) is 0 Å². The number of rotatable bonds is 4. The Bertz CT molecular complexity index is 443. The summed E-state index contributed by atoms with van der Waals surface area (Å²) in [5.74, 6) is 0.921. The van der Waals surface area contributed by atoms with Crippen molar-refractivity contribution in [2.75, 3.05) is 0 Å². The molecule has 1 aromatic carbocycles. The van der Waals surface area contributed by atoms with Gasteiger partial charge in [0.2, 0.25) is 0 Å². The van der Waals surface area contributed by atoms with Crippen LogP contribution in [0.15, 0.2) is 53.7 Å². The van der Waals surface area contributed by atoms with Crippen molar-refractivity contribution in [3.05, 3.63) is 59.8 Å². The molecule has 2 rings (SSSR count). The highest BCUT2D eigenvalue weighted by molar-refractivity contribution is 7.98. The molecule has 0 aliphatic carbocycles. The molecule has 0 atom stereocenters. The lowest BCUT2D eigenvalue weighted by atomic mass is 10.1. The summed E-state index contributed by atoms with van der Waals surface area (Å²) >= 11 is 1.74. The van der Waals surface area contributed by atoms with E-state index in [1.54, 1.807) is 11.8 Å². The number of benzene rings is 1. The van der Waals surface area contributed by atoms with E-state index < -0.39 is 0 Å². The average Bonchev–Trinajstić information content (AvgIpc) is 2.38. The summed E-state index contributed by atoms with van der Waals surface area (Å²) in [6.07, 6.45) is 1.82. The second-order valence-corrected chi connectivity index (χ2v) is 4.43. The van der Waals surface area contributed by atoms with Gasteiger partial charge in [0.25, 0.3) is 0 Å². The highest BCUT2D eigenvalue weighted by Gasteiger charge is 2.01. The molecule has 16 heavy (non-hydrogen) atoms. The summed E-state index contributed by atoms with van der Waals surface area (Å²) in [5.41, 5.74) is 8.20. The van der Waals surface area contributed by atoms with Crippen molar-refractivity contribution < 1.29 is 0 Å². The first-order valence-corrected chi connectivity index (χ1v) is 6.19. The van der Waals surface area contributed by atoms with Gasteiger partial charge in [-0.15, -0.1) is 11.8 Å². The number of aromatic nitrogens is 1. The van der Waals surface area contributed by atoms with Gasteiger partial charge in [-0.2, -0.15) is 0 Å². The zero-order valence-corrected chi connectivity index (χ0v) is 9.78. The van der Waals surface area contributed by atoms with E-state index in [4.69, 9.17) is 5.73 Å². The van der Waals surface area contributed by atoms with Crippen LogP contribution in [0.5, 0.6) is 0 Å². The van der Waals surface area contributed by atoms with Crippen molar-refractivity contribution in [2.24, 2.45) is 5.73 Å². The van der Waals surface area contributed by atoms with Gasteiger partial charge in [-0.05, 0) is 23.3 Å². The molecule has 0 bridgehead atoms. The fraction of sp³-hybridized carbons (Fsp3) is 0.154. The van der Waals surface area contributed by atoms with Gasteiger partial charge >= 0.3 is 0 Å². The van der Waals surface area contributed by atoms with Crippen molar-refractivity contribution in [1.29, 1.82) is 0 Å². The maximum absolute atomic E-state index is 5.69. The average molecular weight is 230 g/mol. The summed E-state index contributed by atoms with van der Waals surface area (Å²) in [6.45, 7) is 0.596. The Balaban J connectivity index is 2.05. The summed E-state index contributed by atoms with van der Waals surface area (Å²) in [4.78, 5) is 4.28. The molecule has 1 aromatic heterocycles. The summed E-state index contributed by atoms with van der Waals surface area (Å²) in [7, 11) is 0. The first kappa shape index (κ1) is 11.2. The molecule has 0 saturated carbocycles. The molecule has 0 spiro atoms. The number of pyridine rings is 1. The molecule has 0 radical (unpaired) electrons. The van der Waals surface area contributed by atoms with E-state index in [1.807, 2.05) is 36.5 Å². The Morgan fingerprint density at radius 1 is 1.00 bits per heavy atom. The van der Waals surface area contributed by atoms with Crippen LogP contribution in [0.4, 0.5) is 0 Å². The molecule has 2 aromatic rings. The Morgan fingerprint density at radius 3 is 2.44 bits per heavy atom. The SMILES string of the molecule is NCc1ccccc1CSc1ccccn1. The standard InChI is InChI=1S/C13H14N2S/c14-9-11-5-1-2-6-12(11)10-16-13-7-3-4-8-15-13/h1-8H,9-10,14H2. The maximum Gasteiger partial charge on any atom is 0.0963 e. The Labute approximate surface area is 99.9 Å². The predicted octanol–water partition coefficient (Wildman–Crippen LogP) is 2.83. The lowest BCUT2D eigenvalue weighted by Crippen LogP contribution is -2.00. The Kier molecular flexibility index (Phi) is 3.97. The predicted molar refractivity (Wildman–Crippen MR) is 68.1 cm³/mol. The normalized spacial score (nSPS) is 10.3. The number of hydrogen-bond acceptors (Lipinski definition) is 3. The molecule has 1 heterocycles. The smallest absolute Gasteiger partial charge is 0.0963 e. The number of nitrogens with zero attached hydrogens (tertiary/aromatic N) is 1. The van der Waals surface area contributed by atoms with E-state index >= 15 is 0 Å². The highest BCUT2D eigenvalue weighted by atomic mass is 32.2. The first-order valence-electron chi connectivity index (χ1n) is 5.21. The second kappa shape index (κ2) is 5.68. The van der Waals surface area contributed by atoms with Gasteiger partial charge in [-0.25, -0.2) is 4.98 Å². The van der Waals surface area contributed by atoms with E-state index in [0.29, 0.717) is 6.54 Å². The molecule has 3 heteroatoms. The van der Waals surface area contributed by atoms with Gasteiger partial charge in [-0.1, -0.05) is 30.3 Å². The third kappa shape index (κ3) is 2.84. The van der Waals surface area contributed by atoms with E-state index in [9.17, 15) is 0 Å². The van der Waals surface area contributed by atoms with Gasteiger partial charge in [0, 0.05) is 18.5 Å². The van der Waals surface area contributed by atoms with E-state index in [-0.39, 0.29) is 0 Å². The molecule has 0 aliphatic heterocycles. The topological polar surface area (TPSA) is 38.9 Å². The van der Waals surface area contributed by atoms with Crippen LogP contribution >= 0.6 is 11.8 Å². The van der Waals surface area contributed by atoms with Crippen molar-refractivity contribution in [3.8, 4) is 0 Å². The van der Waals surface area contributed by atoms with Crippen molar-refractivity contribution >= 4 is 11.8 Å². The van der Waals surface area contributed by atoms with E-state index in [1.165, 1.54) is 11.1 Å². The largest absolute Gasteiger partial charge is 0.326 e. The summed E-state index contributed by atoms with van der Waals surface area (Å²) in [5, 5.41) is 1.05. The van der Waals surface area contributed by atoms with Crippen molar-refractivity contribution in [2.45, 2.75) is 17.3 Å². The molecule has 0 saturated heterocycles. The molecule has 2 N–H and O–H groups in total. The maximum atomic E-state index is 5.69. The molecular weight excluding hydrogens is 216 g/mol. The quantitative estimate of drug-likeness (QED) is 0.821. The lowest BCUT2D eigenvalue weighted by Gasteiger charge is -2.06. The first-order chi connectivity index (χ1) is 7.90. The Hall–Kier alpha value is -1.32. The van der Waals surface area contributed by atoms with Gasteiger partial charge in [0.05, 0.1) is 5.03 Å². The third-order valence-electron chi connectivity index (χ3n) is 2.35.